The predicted molar refractivity (Wildman–Crippen MR) is 145 cm³/mol. The van der Waals surface area contributed by atoms with Gasteiger partial charge in [-0.3, -0.25) is 4.79 Å². The molecule has 2 rings (SSSR count). The van der Waals surface area contributed by atoms with Crippen molar-refractivity contribution in [3.05, 3.63) is 59.1 Å². The molecule has 1 unspecified atom stereocenters. The highest BCUT2D eigenvalue weighted by atomic mass is 35.5. The lowest BCUT2D eigenvalue weighted by atomic mass is 10.1. The maximum absolute atomic E-state index is 13.1. The topological polar surface area (TPSA) is 79.3 Å². The number of carboxylic acids is 1. The van der Waals surface area contributed by atoms with Gasteiger partial charge in [-0.15, -0.1) is 0 Å². The first-order valence-corrected chi connectivity index (χ1v) is 13.2. The number of hydrogen-bond donors (Lipinski definition) is 1. The Kier molecular flexibility index (Phi) is 15.3. The molecule has 0 aliphatic heterocycles. The van der Waals surface area contributed by atoms with Crippen molar-refractivity contribution in [2.75, 3.05) is 32.8 Å². The van der Waals surface area contributed by atoms with Gasteiger partial charge in [-0.05, 0) is 88.3 Å². The Hall–Kier alpha value is -2.98. The summed E-state index contributed by atoms with van der Waals surface area (Å²) in [5.41, 5.74) is 1.07. The Morgan fingerprint density at radius 3 is 1.95 bits per heavy atom. The summed E-state index contributed by atoms with van der Waals surface area (Å²) in [4.78, 5) is 26.4. The van der Waals surface area contributed by atoms with Crippen molar-refractivity contribution in [1.82, 2.24) is 9.80 Å². The van der Waals surface area contributed by atoms with Crippen molar-refractivity contribution in [1.29, 1.82) is 0 Å². The summed E-state index contributed by atoms with van der Waals surface area (Å²) in [6.45, 7) is 12.8. The molecule has 0 aliphatic rings. The number of benzene rings is 2. The third kappa shape index (κ3) is 13.6. The first-order valence-electron chi connectivity index (χ1n) is 12.8. The second-order valence-corrected chi connectivity index (χ2v) is 9.10. The Labute approximate surface area is 233 Å². The third-order valence-corrected chi connectivity index (χ3v) is 6.10. The zero-order valence-corrected chi connectivity index (χ0v) is 23.6. The van der Waals surface area contributed by atoms with E-state index in [1.807, 2.05) is 36.1 Å². The maximum atomic E-state index is 13.1. The number of nitrogens with zero attached hydrogens (tertiary/aromatic N) is 2. The number of carbonyl (C=O) groups excluding carboxylic acids is 1. The first-order chi connectivity index (χ1) is 18.4. The average Bonchev–Trinajstić information content (AvgIpc) is 2.90. The molecular formula is C28H38ClF3N2O5. The molecule has 0 saturated heterocycles. The molecule has 0 radical (unpaired) electrons. The van der Waals surface area contributed by atoms with Crippen LogP contribution < -0.4 is 9.47 Å². The zero-order valence-electron chi connectivity index (χ0n) is 22.8. The highest BCUT2D eigenvalue weighted by Gasteiger charge is 2.38. The van der Waals surface area contributed by atoms with Crippen molar-refractivity contribution in [2.24, 2.45) is 0 Å². The molecule has 2 aromatic rings. The van der Waals surface area contributed by atoms with Gasteiger partial charge in [-0.25, -0.2) is 4.79 Å². The normalized spacial score (nSPS) is 11.8. The van der Waals surface area contributed by atoms with Crippen LogP contribution >= 0.6 is 11.6 Å². The third-order valence-electron chi connectivity index (χ3n) is 5.85. The summed E-state index contributed by atoms with van der Waals surface area (Å²) in [5.74, 6) is -1.30. The van der Waals surface area contributed by atoms with Gasteiger partial charge < -0.3 is 24.4 Å². The molecule has 0 saturated carbocycles. The lowest BCUT2D eigenvalue weighted by molar-refractivity contribution is -0.192. The average molecular weight is 575 g/mol. The zero-order chi connectivity index (χ0) is 29.4. The van der Waals surface area contributed by atoms with Gasteiger partial charge in [0.2, 0.25) is 0 Å². The highest BCUT2D eigenvalue weighted by molar-refractivity contribution is 6.30. The smallest absolute Gasteiger partial charge is 0.490 e. The minimum Gasteiger partial charge on any atom is -0.494 e. The van der Waals surface area contributed by atoms with Crippen LogP contribution in [0, 0.1) is 0 Å². The number of aliphatic carboxylic acids is 1. The SMILES string of the molecule is CCOc1ccc(CN(C(=O)COc2ccc(Cl)cc2)C(C)CCCN(CC)CC)cc1.O=C(O)C(F)(F)F. The highest BCUT2D eigenvalue weighted by Crippen LogP contribution is 2.19. The second-order valence-electron chi connectivity index (χ2n) is 8.66. The molecule has 2 aromatic carbocycles. The minimum atomic E-state index is -5.08. The van der Waals surface area contributed by atoms with Crippen molar-refractivity contribution < 1.29 is 37.3 Å². The van der Waals surface area contributed by atoms with E-state index in [9.17, 15) is 18.0 Å². The minimum absolute atomic E-state index is 0.000946. The van der Waals surface area contributed by atoms with Gasteiger partial charge >= 0.3 is 12.1 Å². The lowest BCUT2D eigenvalue weighted by Gasteiger charge is -2.30. The number of alkyl halides is 3. The van der Waals surface area contributed by atoms with E-state index in [1.54, 1.807) is 24.3 Å². The van der Waals surface area contributed by atoms with E-state index in [-0.39, 0.29) is 18.6 Å². The Balaban J connectivity index is 0.000000956. The van der Waals surface area contributed by atoms with Crippen LogP contribution in [0.2, 0.25) is 5.02 Å². The number of halogens is 4. The quantitative estimate of drug-likeness (QED) is 0.286. The summed E-state index contributed by atoms with van der Waals surface area (Å²) in [7, 11) is 0. The van der Waals surface area contributed by atoms with E-state index in [4.69, 9.17) is 31.0 Å². The van der Waals surface area contributed by atoms with E-state index < -0.39 is 12.1 Å². The van der Waals surface area contributed by atoms with Crippen LogP contribution in [-0.2, 0) is 16.1 Å². The summed E-state index contributed by atoms with van der Waals surface area (Å²) < 4.78 is 43.0. The molecule has 11 heteroatoms. The first kappa shape index (κ1) is 34.0. The van der Waals surface area contributed by atoms with Crippen LogP contribution in [0.1, 0.15) is 46.1 Å². The van der Waals surface area contributed by atoms with Gasteiger partial charge in [-0.2, -0.15) is 13.2 Å². The molecule has 0 aliphatic carbocycles. The van der Waals surface area contributed by atoms with Crippen LogP contribution in [0.3, 0.4) is 0 Å². The molecule has 0 fully saturated rings. The van der Waals surface area contributed by atoms with Crippen LogP contribution in [-0.4, -0.2) is 71.8 Å². The number of ether oxygens (including phenoxy) is 2. The predicted octanol–water partition coefficient (Wildman–Crippen LogP) is 6.29. The van der Waals surface area contributed by atoms with Gasteiger partial charge in [0.15, 0.2) is 6.61 Å². The van der Waals surface area contributed by atoms with Gasteiger partial charge in [0, 0.05) is 17.6 Å². The van der Waals surface area contributed by atoms with Gasteiger partial charge in [0.25, 0.3) is 5.91 Å². The molecule has 0 heterocycles. The second kappa shape index (κ2) is 17.6. The van der Waals surface area contributed by atoms with Crippen molar-refractivity contribution in [3.63, 3.8) is 0 Å². The molecule has 0 spiro atoms. The van der Waals surface area contributed by atoms with E-state index in [0.29, 0.717) is 23.9 Å². The van der Waals surface area contributed by atoms with Gasteiger partial charge in [0.05, 0.1) is 6.61 Å². The lowest BCUT2D eigenvalue weighted by Crippen LogP contribution is -2.41. The van der Waals surface area contributed by atoms with E-state index in [0.717, 1.165) is 43.8 Å². The van der Waals surface area contributed by atoms with E-state index in [1.165, 1.54) is 0 Å². The number of rotatable bonds is 14. The number of carbonyl (C=O) groups is 2. The molecule has 1 atom stereocenters. The fraction of sp³-hybridized carbons (Fsp3) is 0.500. The summed E-state index contributed by atoms with van der Waals surface area (Å²) in [6.07, 6.45) is -3.09. The van der Waals surface area contributed by atoms with E-state index >= 15 is 0 Å². The summed E-state index contributed by atoms with van der Waals surface area (Å²) >= 11 is 5.94. The fourth-order valence-electron chi connectivity index (χ4n) is 3.61. The molecule has 0 bridgehead atoms. The Bertz CT molecular complexity index is 984. The van der Waals surface area contributed by atoms with Crippen LogP contribution in [0.25, 0.3) is 0 Å². The molecule has 1 N–H and O–H groups in total. The summed E-state index contributed by atoms with van der Waals surface area (Å²) in [6, 6.07) is 15.1. The van der Waals surface area contributed by atoms with Crippen molar-refractivity contribution in [2.45, 2.75) is 59.3 Å². The van der Waals surface area contributed by atoms with Crippen molar-refractivity contribution in [3.8, 4) is 11.5 Å². The molecule has 218 valence electrons. The standard InChI is InChI=1S/C26H37ClN2O3.C2HF3O2/c1-5-28(6-2)18-8-9-21(4)29(19-22-10-14-24(15-11-22)31-7-3)26(30)20-32-25-16-12-23(27)13-17-25;3-2(4,5)1(6)7/h10-17,21H,5-9,18-20H2,1-4H3;(H,6,7). The van der Waals surface area contributed by atoms with Crippen molar-refractivity contribution >= 4 is 23.5 Å². The molecule has 1 amide bonds. The molecular weight excluding hydrogens is 537 g/mol. The van der Waals surface area contributed by atoms with Crippen LogP contribution in [0.4, 0.5) is 13.2 Å². The van der Waals surface area contributed by atoms with Crippen LogP contribution in [0.15, 0.2) is 48.5 Å². The monoisotopic (exact) mass is 574 g/mol. The maximum Gasteiger partial charge on any atom is 0.490 e. The summed E-state index contributed by atoms with van der Waals surface area (Å²) in [5, 5.41) is 7.77. The molecule has 7 nitrogen and oxygen atoms in total. The number of carboxylic acid groups (broad SMARTS) is 1. The Morgan fingerprint density at radius 1 is 0.949 bits per heavy atom. The van der Waals surface area contributed by atoms with Crippen LogP contribution in [0.5, 0.6) is 11.5 Å². The van der Waals surface area contributed by atoms with Gasteiger partial charge in [-0.1, -0.05) is 37.6 Å². The molecule has 0 aromatic heterocycles. The largest absolute Gasteiger partial charge is 0.494 e. The fourth-order valence-corrected chi connectivity index (χ4v) is 3.74. The van der Waals surface area contributed by atoms with Gasteiger partial charge in [0.1, 0.15) is 11.5 Å². The molecule has 39 heavy (non-hydrogen) atoms. The van der Waals surface area contributed by atoms with E-state index in [2.05, 4.69) is 25.7 Å². The number of amides is 1. The number of hydrogen-bond acceptors (Lipinski definition) is 5. The Morgan fingerprint density at radius 2 is 1.46 bits per heavy atom.